The molecular formula is C20H22FNO3S. The first-order chi connectivity index (χ1) is 12.5. The topological polar surface area (TPSA) is 59.4 Å². The number of carboxylic acids is 1. The Balaban J connectivity index is 1.72. The summed E-state index contributed by atoms with van der Waals surface area (Å²) in [6, 6.07) is 9.12. The summed E-state index contributed by atoms with van der Waals surface area (Å²) in [6.07, 6.45) is 4.11. The molecule has 4 nitrogen and oxygen atoms in total. The summed E-state index contributed by atoms with van der Waals surface area (Å²) < 4.78 is 19.9. The number of thioether (sulfide) groups is 1. The number of halogens is 1. The van der Waals surface area contributed by atoms with Gasteiger partial charge in [-0.3, -0.25) is 4.79 Å². The van der Waals surface area contributed by atoms with Crippen molar-refractivity contribution in [1.29, 1.82) is 0 Å². The van der Waals surface area contributed by atoms with Gasteiger partial charge in [0.2, 0.25) is 0 Å². The zero-order chi connectivity index (χ0) is 18.5. The molecule has 0 aliphatic heterocycles. The van der Waals surface area contributed by atoms with Crippen molar-refractivity contribution in [1.82, 2.24) is 4.98 Å². The molecule has 1 fully saturated rings. The summed E-state index contributed by atoms with van der Waals surface area (Å²) in [5.41, 5.74) is 2.14. The van der Waals surface area contributed by atoms with E-state index in [1.165, 1.54) is 25.3 Å². The molecule has 1 N–H and O–H groups in total. The summed E-state index contributed by atoms with van der Waals surface area (Å²) in [6.45, 7) is 1.96. The van der Waals surface area contributed by atoms with Crippen LogP contribution in [0, 0.1) is 12.7 Å². The van der Waals surface area contributed by atoms with Gasteiger partial charge in [0.15, 0.2) is 11.6 Å². The maximum absolute atomic E-state index is 14.5. The summed E-state index contributed by atoms with van der Waals surface area (Å²) in [4.78, 5) is 15.2. The highest BCUT2D eigenvalue weighted by atomic mass is 32.2. The first kappa shape index (κ1) is 18.7. The van der Waals surface area contributed by atoms with Crippen LogP contribution in [0.1, 0.15) is 37.7 Å². The predicted molar refractivity (Wildman–Crippen MR) is 100 cm³/mol. The molecule has 0 saturated heterocycles. The maximum Gasteiger partial charge on any atom is 0.303 e. The molecule has 0 spiro atoms. The number of carboxylic acid groups (broad SMARTS) is 1. The lowest BCUT2D eigenvalue weighted by Gasteiger charge is -2.24. The zero-order valence-electron chi connectivity index (χ0n) is 14.7. The molecule has 1 aliphatic carbocycles. The fraction of sp³-hybridized carbons (Fsp3) is 0.400. The van der Waals surface area contributed by atoms with E-state index in [2.05, 4.69) is 4.98 Å². The Morgan fingerprint density at radius 2 is 2.19 bits per heavy atom. The molecule has 0 radical (unpaired) electrons. The summed E-state index contributed by atoms with van der Waals surface area (Å²) in [5.74, 6) is -1.15. The zero-order valence-corrected chi connectivity index (χ0v) is 15.5. The smallest absolute Gasteiger partial charge is 0.303 e. The van der Waals surface area contributed by atoms with E-state index in [0.717, 1.165) is 10.7 Å². The average molecular weight is 375 g/mol. The maximum atomic E-state index is 14.5. The minimum atomic E-state index is -0.883. The van der Waals surface area contributed by atoms with E-state index in [4.69, 9.17) is 9.84 Å². The van der Waals surface area contributed by atoms with Crippen molar-refractivity contribution in [2.24, 2.45) is 0 Å². The van der Waals surface area contributed by atoms with Gasteiger partial charge in [0.1, 0.15) is 0 Å². The van der Waals surface area contributed by atoms with Crippen LogP contribution in [0.5, 0.6) is 5.75 Å². The van der Waals surface area contributed by atoms with Gasteiger partial charge in [-0.1, -0.05) is 12.5 Å². The number of aromatic nitrogens is 1. The van der Waals surface area contributed by atoms with Gasteiger partial charge in [-0.15, -0.1) is 11.8 Å². The molecule has 1 aliphatic rings. The largest absolute Gasteiger partial charge is 0.490 e. The van der Waals surface area contributed by atoms with Gasteiger partial charge >= 0.3 is 5.97 Å². The Morgan fingerprint density at radius 1 is 1.38 bits per heavy atom. The number of carbonyl (C=O) groups is 1. The van der Waals surface area contributed by atoms with Gasteiger partial charge in [-0.2, -0.15) is 0 Å². The quantitative estimate of drug-likeness (QED) is 0.652. The Hall–Kier alpha value is -2.08. The van der Waals surface area contributed by atoms with Gasteiger partial charge in [0.05, 0.1) is 17.3 Å². The highest BCUT2D eigenvalue weighted by Gasteiger charge is 2.19. The molecule has 0 bridgehead atoms. The monoisotopic (exact) mass is 375 g/mol. The van der Waals surface area contributed by atoms with Crippen molar-refractivity contribution < 1.29 is 19.0 Å². The third kappa shape index (κ3) is 4.75. The number of rotatable bonds is 8. The Morgan fingerprint density at radius 3 is 2.85 bits per heavy atom. The molecule has 1 aromatic carbocycles. The Kier molecular flexibility index (Phi) is 6.14. The van der Waals surface area contributed by atoms with E-state index in [0.29, 0.717) is 22.8 Å². The highest BCUT2D eigenvalue weighted by molar-refractivity contribution is 7.99. The van der Waals surface area contributed by atoms with E-state index < -0.39 is 11.8 Å². The second kappa shape index (κ2) is 8.54. The van der Waals surface area contributed by atoms with E-state index in [-0.39, 0.29) is 18.8 Å². The second-order valence-corrected chi connectivity index (χ2v) is 7.80. The summed E-state index contributed by atoms with van der Waals surface area (Å²) >= 11 is 1.79. The summed E-state index contributed by atoms with van der Waals surface area (Å²) in [7, 11) is 0. The molecular weight excluding hydrogens is 353 g/mol. The molecule has 26 heavy (non-hydrogen) atoms. The van der Waals surface area contributed by atoms with Crippen LogP contribution in [0.2, 0.25) is 0 Å². The molecule has 138 valence electrons. The predicted octanol–water partition coefficient (Wildman–Crippen LogP) is 5.08. The molecule has 0 atom stereocenters. The van der Waals surface area contributed by atoms with Gasteiger partial charge in [0, 0.05) is 17.2 Å². The van der Waals surface area contributed by atoms with Crippen LogP contribution < -0.4 is 4.74 Å². The van der Waals surface area contributed by atoms with Gasteiger partial charge in [-0.25, -0.2) is 9.37 Å². The molecule has 1 saturated carbocycles. The molecule has 6 heteroatoms. The molecule has 0 unspecified atom stereocenters. The van der Waals surface area contributed by atoms with E-state index in [1.54, 1.807) is 18.7 Å². The number of nitrogens with zero attached hydrogens (tertiary/aromatic N) is 1. The number of hydrogen-bond donors (Lipinski definition) is 1. The SMILES string of the molecule is Cc1cc(-c2cccc(SC3CCC3)n2)cc(F)c1OCCCC(=O)O. The van der Waals surface area contributed by atoms with Gasteiger partial charge in [-0.05, 0) is 56.0 Å². The van der Waals surface area contributed by atoms with Crippen molar-refractivity contribution >= 4 is 17.7 Å². The van der Waals surface area contributed by atoms with Crippen LogP contribution in [0.15, 0.2) is 35.4 Å². The van der Waals surface area contributed by atoms with Crippen LogP contribution in [0.3, 0.4) is 0 Å². The Bertz CT molecular complexity index is 769. The number of aliphatic carboxylic acids is 1. The Labute approximate surface area is 156 Å². The first-order valence-electron chi connectivity index (χ1n) is 8.82. The highest BCUT2D eigenvalue weighted by Crippen LogP contribution is 2.36. The number of aryl methyl sites for hydroxylation is 1. The number of ether oxygens (including phenoxy) is 1. The van der Waals surface area contributed by atoms with Crippen LogP contribution in [-0.2, 0) is 4.79 Å². The van der Waals surface area contributed by atoms with Gasteiger partial charge in [0.25, 0.3) is 0 Å². The van der Waals surface area contributed by atoms with Crippen molar-refractivity contribution in [2.75, 3.05) is 6.61 Å². The van der Waals surface area contributed by atoms with Crippen molar-refractivity contribution in [3.05, 3.63) is 41.7 Å². The number of benzene rings is 1. The van der Waals surface area contributed by atoms with Gasteiger partial charge < -0.3 is 9.84 Å². The lowest BCUT2D eigenvalue weighted by molar-refractivity contribution is -0.137. The number of pyridine rings is 1. The van der Waals surface area contributed by atoms with E-state index in [9.17, 15) is 9.18 Å². The minimum absolute atomic E-state index is 0.00806. The third-order valence-corrected chi connectivity index (χ3v) is 5.64. The molecule has 0 amide bonds. The molecule has 1 aromatic heterocycles. The number of hydrogen-bond acceptors (Lipinski definition) is 4. The van der Waals surface area contributed by atoms with Crippen LogP contribution in [-0.4, -0.2) is 27.9 Å². The normalized spacial score (nSPS) is 14.1. The lowest BCUT2D eigenvalue weighted by Crippen LogP contribution is -2.12. The van der Waals surface area contributed by atoms with Crippen molar-refractivity contribution in [3.8, 4) is 17.0 Å². The van der Waals surface area contributed by atoms with E-state index >= 15 is 0 Å². The fourth-order valence-electron chi connectivity index (χ4n) is 2.76. The molecule has 2 aromatic rings. The molecule has 3 rings (SSSR count). The van der Waals surface area contributed by atoms with Crippen molar-refractivity contribution in [2.45, 2.75) is 49.3 Å². The minimum Gasteiger partial charge on any atom is -0.490 e. The van der Waals surface area contributed by atoms with E-state index in [1.807, 2.05) is 24.3 Å². The first-order valence-corrected chi connectivity index (χ1v) is 9.69. The fourth-order valence-corrected chi connectivity index (χ4v) is 3.98. The van der Waals surface area contributed by atoms with Crippen LogP contribution in [0.25, 0.3) is 11.3 Å². The molecule has 1 heterocycles. The van der Waals surface area contributed by atoms with Crippen LogP contribution >= 0.6 is 11.8 Å². The van der Waals surface area contributed by atoms with Crippen molar-refractivity contribution in [3.63, 3.8) is 0 Å². The lowest BCUT2D eigenvalue weighted by atomic mass is 10.0. The standard InChI is InChI=1S/C20H22FNO3S/c1-13-11-14(12-16(21)20(13)25-10-4-9-19(23)24)17-7-3-8-18(22-17)26-15-5-2-6-15/h3,7-8,11-12,15H,2,4-6,9-10H2,1H3,(H,23,24). The third-order valence-electron chi connectivity index (χ3n) is 4.37. The van der Waals surface area contributed by atoms with Crippen LogP contribution in [0.4, 0.5) is 4.39 Å². The average Bonchev–Trinajstić information content (AvgIpc) is 2.56. The summed E-state index contributed by atoms with van der Waals surface area (Å²) in [5, 5.41) is 10.3. The second-order valence-electron chi connectivity index (χ2n) is 6.48.